The minimum atomic E-state index is -0.534. The van der Waals surface area contributed by atoms with Gasteiger partial charge >= 0.3 is 0 Å². The summed E-state index contributed by atoms with van der Waals surface area (Å²) in [4.78, 5) is 14.5. The molecule has 0 aliphatic carbocycles. The van der Waals surface area contributed by atoms with Gasteiger partial charge in [-0.1, -0.05) is 6.07 Å². The molecule has 0 N–H and O–H groups in total. The van der Waals surface area contributed by atoms with Gasteiger partial charge in [-0.2, -0.15) is 0 Å². The lowest BCUT2D eigenvalue weighted by Crippen LogP contribution is -2.52. The molecule has 0 bridgehead atoms. The lowest BCUT2D eigenvalue weighted by Gasteiger charge is -2.37. The molecule has 1 aromatic rings. The van der Waals surface area contributed by atoms with Crippen LogP contribution in [-0.4, -0.2) is 29.7 Å². The molecule has 1 aliphatic heterocycles. The fourth-order valence-electron chi connectivity index (χ4n) is 1.62. The van der Waals surface area contributed by atoms with E-state index in [2.05, 4.69) is 20.9 Å². The van der Waals surface area contributed by atoms with Crippen molar-refractivity contribution in [1.29, 1.82) is 0 Å². The van der Waals surface area contributed by atoms with Crippen LogP contribution >= 0.6 is 15.9 Å². The largest absolute Gasteiger partial charge is 0.379 e. The van der Waals surface area contributed by atoms with Crippen molar-refractivity contribution >= 4 is 15.9 Å². The minimum absolute atomic E-state index is 0.129. The maximum absolute atomic E-state index is 10.6. The van der Waals surface area contributed by atoms with Gasteiger partial charge < -0.3 is 4.74 Å². The Morgan fingerprint density at radius 1 is 1.60 bits per heavy atom. The van der Waals surface area contributed by atoms with Crippen molar-refractivity contribution in [2.24, 2.45) is 0 Å². The van der Waals surface area contributed by atoms with Crippen LogP contribution in [0.2, 0.25) is 0 Å². The molecule has 6 heteroatoms. The van der Waals surface area contributed by atoms with Crippen LogP contribution in [0.1, 0.15) is 5.69 Å². The van der Waals surface area contributed by atoms with E-state index in [4.69, 9.17) is 4.74 Å². The van der Waals surface area contributed by atoms with Crippen LogP contribution in [0.3, 0.4) is 0 Å². The summed E-state index contributed by atoms with van der Waals surface area (Å²) in [7, 11) is 0. The summed E-state index contributed by atoms with van der Waals surface area (Å²) in [6.07, 6.45) is 0. The van der Waals surface area contributed by atoms with Gasteiger partial charge in [-0.3, -0.25) is 10.1 Å². The first kappa shape index (κ1) is 10.5. The molecule has 2 rings (SSSR count). The fraction of sp³-hybridized carbons (Fsp3) is 0.444. The Morgan fingerprint density at radius 3 is 2.80 bits per heavy atom. The Bertz CT molecular complexity index is 393. The first-order chi connectivity index (χ1) is 7.12. The van der Waals surface area contributed by atoms with Crippen molar-refractivity contribution in [2.75, 3.05) is 19.8 Å². The number of halogens is 1. The van der Waals surface area contributed by atoms with Gasteiger partial charge in [0.25, 0.3) is 0 Å². The minimum Gasteiger partial charge on any atom is -0.379 e. The molecule has 0 unspecified atom stereocenters. The SMILES string of the molecule is O=[N+]([O-])CC1(c2cccc(Br)n2)COC1. The summed E-state index contributed by atoms with van der Waals surface area (Å²) >= 11 is 3.25. The van der Waals surface area contributed by atoms with Crippen LogP contribution in [0.4, 0.5) is 0 Å². The second-order valence-corrected chi connectivity index (χ2v) is 4.42. The normalized spacial score (nSPS) is 18.2. The number of nitrogens with zero attached hydrogens (tertiary/aromatic N) is 2. The number of ether oxygens (including phenoxy) is 1. The maximum atomic E-state index is 10.6. The number of aromatic nitrogens is 1. The zero-order valence-electron chi connectivity index (χ0n) is 7.85. The third-order valence-electron chi connectivity index (χ3n) is 2.45. The summed E-state index contributed by atoms with van der Waals surface area (Å²) in [6.45, 7) is 0.616. The van der Waals surface area contributed by atoms with E-state index in [0.717, 1.165) is 5.69 Å². The van der Waals surface area contributed by atoms with E-state index in [9.17, 15) is 10.1 Å². The van der Waals surface area contributed by atoms with Crippen molar-refractivity contribution in [3.8, 4) is 0 Å². The molecule has 0 spiro atoms. The zero-order chi connectivity index (χ0) is 10.9. The molecular weight excluding hydrogens is 264 g/mol. The average molecular weight is 273 g/mol. The van der Waals surface area contributed by atoms with Crippen LogP contribution in [0.15, 0.2) is 22.8 Å². The lowest BCUT2D eigenvalue weighted by molar-refractivity contribution is -0.498. The Balaban J connectivity index is 2.29. The summed E-state index contributed by atoms with van der Waals surface area (Å²) in [6, 6.07) is 5.42. The van der Waals surface area contributed by atoms with Gasteiger partial charge in [0, 0.05) is 4.92 Å². The van der Waals surface area contributed by atoms with E-state index < -0.39 is 5.41 Å². The molecule has 2 heterocycles. The van der Waals surface area contributed by atoms with E-state index in [1.807, 2.05) is 6.07 Å². The van der Waals surface area contributed by atoms with Gasteiger partial charge in [-0.25, -0.2) is 4.98 Å². The van der Waals surface area contributed by atoms with Crippen molar-refractivity contribution in [3.05, 3.63) is 38.6 Å². The van der Waals surface area contributed by atoms with E-state index in [1.54, 1.807) is 12.1 Å². The first-order valence-corrected chi connectivity index (χ1v) is 5.24. The van der Waals surface area contributed by atoms with Gasteiger partial charge in [0.05, 0.1) is 18.9 Å². The van der Waals surface area contributed by atoms with Crippen LogP contribution in [0.25, 0.3) is 0 Å². The highest BCUT2D eigenvalue weighted by Crippen LogP contribution is 2.31. The van der Waals surface area contributed by atoms with E-state index >= 15 is 0 Å². The predicted molar refractivity (Wildman–Crippen MR) is 56.3 cm³/mol. The lowest BCUT2D eigenvalue weighted by atomic mass is 9.82. The van der Waals surface area contributed by atoms with Crippen molar-refractivity contribution < 1.29 is 9.66 Å². The standard InChI is InChI=1S/C9H9BrN2O3/c10-8-3-1-2-7(11-8)9(4-12(13)14)5-15-6-9/h1-3H,4-6H2. The number of nitro groups is 1. The maximum Gasteiger partial charge on any atom is 0.219 e. The fourth-order valence-corrected chi connectivity index (χ4v) is 1.96. The summed E-state index contributed by atoms with van der Waals surface area (Å²) < 4.78 is 5.76. The van der Waals surface area contributed by atoms with Crippen LogP contribution in [0, 0.1) is 10.1 Å². The number of hydrogen-bond donors (Lipinski definition) is 0. The summed E-state index contributed by atoms with van der Waals surface area (Å²) in [5, 5.41) is 10.6. The second kappa shape index (κ2) is 3.86. The predicted octanol–water partition coefficient (Wildman–Crippen LogP) is 1.39. The third-order valence-corrected chi connectivity index (χ3v) is 2.89. The van der Waals surface area contributed by atoms with Gasteiger partial charge in [-0.15, -0.1) is 0 Å². The molecule has 5 nitrogen and oxygen atoms in total. The molecule has 0 amide bonds. The molecule has 1 aromatic heterocycles. The molecule has 0 saturated carbocycles. The van der Waals surface area contributed by atoms with Gasteiger partial charge in [0.2, 0.25) is 6.54 Å². The number of rotatable bonds is 3. The molecule has 1 aliphatic rings. The van der Waals surface area contributed by atoms with Crippen LogP contribution < -0.4 is 0 Å². The smallest absolute Gasteiger partial charge is 0.219 e. The van der Waals surface area contributed by atoms with Gasteiger partial charge in [0.1, 0.15) is 10.0 Å². The molecule has 1 fully saturated rings. The van der Waals surface area contributed by atoms with Crippen LogP contribution in [0.5, 0.6) is 0 Å². The molecule has 15 heavy (non-hydrogen) atoms. The van der Waals surface area contributed by atoms with Gasteiger partial charge in [-0.05, 0) is 28.1 Å². The Kier molecular flexibility index (Phi) is 2.70. The highest BCUT2D eigenvalue weighted by atomic mass is 79.9. The highest BCUT2D eigenvalue weighted by molar-refractivity contribution is 9.10. The topological polar surface area (TPSA) is 65.3 Å². The van der Waals surface area contributed by atoms with E-state index in [0.29, 0.717) is 17.8 Å². The van der Waals surface area contributed by atoms with Crippen molar-refractivity contribution in [2.45, 2.75) is 5.41 Å². The third kappa shape index (κ3) is 2.00. The van der Waals surface area contributed by atoms with Crippen molar-refractivity contribution in [1.82, 2.24) is 4.98 Å². The molecule has 1 saturated heterocycles. The Hall–Kier alpha value is -1.01. The van der Waals surface area contributed by atoms with E-state index in [1.165, 1.54) is 0 Å². The second-order valence-electron chi connectivity index (χ2n) is 3.61. The van der Waals surface area contributed by atoms with Gasteiger partial charge in [0.15, 0.2) is 0 Å². The number of pyridine rings is 1. The highest BCUT2D eigenvalue weighted by Gasteiger charge is 2.46. The summed E-state index contributed by atoms with van der Waals surface area (Å²) in [5.74, 6) is 0. The number of hydrogen-bond acceptors (Lipinski definition) is 4. The quantitative estimate of drug-likeness (QED) is 0.474. The zero-order valence-corrected chi connectivity index (χ0v) is 9.44. The van der Waals surface area contributed by atoms with Crippen molar-refractivity contribution in [3.63, 3.8) is 0 Å². The molecule has 80 valence electrons. The van der Waals surface area contributed by atoms with E-state index in [-0.39, 0.29) is 11.5 Å². The molecule has 0 aromatic carbocycles. The molecule has 0 radical (unpaired) electrons. The molecule has 0 atom stereocenters. The summed E-state index contributed by atoms with van der Waals surface area (Å²) in [5.41, 5.74) is 0.188. The Morgan fingerprint density at radius 2 is 2.33 bits per heavy atom. The average Bonchev–Trinajstić information content (AvgIpc) is 2.11. The monoisotopic (exact) mass is 272 g/mol. The first-order valence-electron chi connectivity index (χ1n) is 4.45. The molecular formula is C9H9BrN2O3. The Labute approximate surface area is 94.7 Å². The van der Waals surface area contributed by atoms with Crippen LogP contribution in [-0.2, 0) is 10.2 Å².